The van der Waals surface area contributed by atoms with Gasteiger partial charge in [0, 0.05) is 18.8 Å². The van der Waals surface area contributed by atoms with E-state index in [1.807, 2.05) is 6.92 Å². The summed E-state index contributed by atoms with van der Waals surface area (Å²) in [5.41, 5.74) is -0.810. The summed E-state index contributed by atoms with van der Waals surface area (Å²) in [4.78, 5) is 0. The molecule has 6 heteroatoms. The SMILES string of the molecule is CCCC(CNC1CC1)n1ccc(C(F)(F)F)n1. The number of rotatable bonds is 6. The first-order chi connectivity index (χ1) is 8.50. The molecular formula is C12H18F3N3. The Morgan fingerprint density at radius 1 is 1.50 bits per heavy atom. The Hall–Kier alpha value is -1.04. The molecule has 2 rings (SSSR count). The summed E-state index contributed by atoms with van der Waals surface area (Å²) in [7, 11) is 0. The van der Waals surface area contributed by atoms with E-state index in [9.17, 15) is 13.2 Å². The molecule has 1 aliphatic carbocycles. The Morgan fingerprint density at radius 3 is 2.72 bits per heavy atom. The Kier molecular flexibility index (Phi) is 3.94. The van der Waals surface area contributed by atoms with Gasteiger partial charge in [-0.1, -0.05) is 13.3 Å². The van der Waals surface area contributed by atoms with E-state index in [4.69, 9.17) is 0 Å². The number of aromatic nitrogens is 2. The van der Waals surface area contributed by atoms with Crippen molar-refractivity contribution in [2.24, 2.45) is 0 Å². The van der Waals surface area contributed by atoms with E-state index in [1.165, 1.54) is 23.7 Å². The van der Waals surface area contributed by atoms with Crippen LogP contribution in [-0.4, -0.2) is 22.4 Å². The highest BCUT2D eigenvalue weighted by Crippen LogP contribution is 2.28. The highest BCUT2D eigenvalue weighted by atomic mass is 19.4. The van der Waals surface area contributed by atoms with Crippen molar-refractivity contribution in [3.8, 4) is 0 Å². The third kappa shape index (κ3) is 3.48. The lowest BCUT2D eigenvalue weighted by Crippen LogP contribution is -2.27. The molecule has 0 radical (unpaired) electrons. The summed E-state index contributed by atoms with van der Waals surface area (Å²) < 4.78 is 38.9. The van der Waals surface area contributed by atoms with E-state index in [1.54, 1.807) is 0 Å². The normalized spacial score (nSPS) is 18.0. The summed E-state index contributed by atoms with van der Waals surface area (Å²) >= 11 is 0. The lowest BCUT2D eigenvalue weighted by molar-refractivity contribution is -0.141. The molecule has 3 nitrogen and oxygen atoms in total. The van der Waals surface area contributed by atoms with Crippen LogP contribution >= 0.6 is 0 Å². The maximum absolute atomic E-state index is 12.5. The molecule has 1 aliphatic rings. The molecule has 0 amide bonds. The maximum atomic E-state index is 12.5. The predicted octanol–water partition coefficient (Wildman–Crippen LogP) is 3.00. The lowest BCUT2D eigenvalue weighted by atomic mass is 10.1. The Bertz CT molecular complexity index is 382. The van der Waals surface area contributed by atoms with E-state index in [0.717, 1.165) is 18.9 Å². The lowest BCUT2D eigenvalue weighted by Gasteiger charge is -2.17. The average Bonchev–Trinajstić information content (AvgIpc) is 2.97. The number of nitrogens with zero attached hydrogens (tertiary/aromatic N) is 2. The summed E-state index contributed by atoms with van der Waals surface area (Å²) in [6.45, 7) is 2.72. The predicted molar refractivity (Wildman–Crippen MR) is 62.2 cm³/mol. The minimum absolute atomic E-state index is 0.00620. The standard InChI is InChI=1S/C12H18F3N3/c1-2-3-10(8-16-9-4-5-9)18-7-6-11(17-18)12(13,14)15/h6-7,9-10,16H,2-5,8H2,1H3. The van der Waals surface area contributed by atoms with Gasteiger partial charge in [0.25, 0.3) is 0 Å². The van der Waals surface area contributed by atoms with Gasteiger partial charge in [-0.2, -0.15) is 18.3 Å². The molecule has 1 aromatic rings. The van der Waals surface area contributed by atoms with Crippen molar-refractivity contribution in [3.05, 3.63) is 18.0 Å². The molecule has 1 saturated carbocycles. The first kappa shape index (κ1) is 13.4. The first-order valence-corrected chi connectivity index (χ1v) is 6.36. The third-order valence-electron chi connectivity index (χ3n) is 3.11. The van der Waals surface area contributed by atoms with Crippen molar-refractivity contribution >= 4 is 0 Å². The maximum Gasteiger partial charge on any atom is 0.435 e. The van der Waals surface area contributed by atoms with Crippen LogP contribution in [0.2, 0.25) is 0 Å². The first-order valence-electron chi connectivity index (χ1n) is 6.36. The Balaban J connectivity index is 2.01. The number of halogens is 3. The van der Waals surface area contributed by atoms with Gasteiger partial charge in [0.05, 0.1) is 6.04 Å². The molecule has 1 aromatic heterocycles. The van der Waals surface area contributed by atoms with Gasteiger partial charge in [0.1, 0.15) is 0 Å². The van der Waals surface area contributed by atoms with Crippen LogP contribution in [0.5, 0.6) is 0 Å². The fourth-order valence-electron chi connectivity index (χ4n) is 1.94. The summed E-state index contributed by atoms with van der Waals surface area (Å²) in [5.74, 6) is 0. The molecule has 1 heterocycles. The third-order valence-corrected chi connectivity index (χ3v) is 3.11. The zero-order chi connectivity index (χ0) is 13.2. The smallest absolute Gasteiger partial charge is 0.312 e. The molecule has 1 unspecified atom stereocenters. The minimum atomic E-state index is -4.36. The van der Waals surface area contributed by atoms with Crippen LogP contribution in [0.25, 0.3) is 0 Å². The Labute approximate surface area is 104 Å². The average molecular weight is 261 g/mol. The quantitative estimate of drug-likeness (QED) is 0.853. The fourth-order valence-corrected chi connectivity index (χ4v) is 1.94. The molecule has 18 heavy (non-hydrogen) atoms. The second-order valence-corrected chi connectivity index (χ2v) is 4.80. The molecule has 0 spiro atoms. The van der Waals surface area contributed by atoms with E-state index in [-0.39, 0.29) is 6.04 Å². The largest absolute Gasteiger partial charge is 0.435 e. The highest BCUT2D eigenvalue weighted by Gasteiger charge is 2.34. The van der Waals surface area contributed by atoms with Crippen LogP contribution in [-0.2, 0) is 6.18 Å². The van der Waals surface area contributed by atoms with Crippen LogP contribution in [0, 0.1) is 0 Å². The molecule has 1 fully saturated rings. The number of hydrogen-bond acceptors (Lipinski definition) is 2. The van der Waals surface area contributed by atoms with Crippen molar-refractivity contribution in [3.63, 3.8) is 0 Å². The van der Waals surface area contributed by atoms with Crippen molar-refractivity contribution in [2.75, 3.05) is 6.54 Å². The highest BCUT2D eigenvalue weighted by molar-refractivity contribution is 5.04. The van der Waals surface area contributed by atoms with E-state index < -0.39 is 11.9 Å². The van der Waals surface area contributed by atoms with Crippen molar-refractivity contribution in [1.82, 2.24) is 15.1 Å². The fraction of sp³-hybridized carbons (Fsp3) is 0.750. The zero-order valence-corrected chi connectivity index (χ0v) is 10.4. The molecule has 102 valence electrons. The van der Waals surface area contributed by atoms with Gasteiger partial charge in [-0.3, -0.25) is 4.68 Å². The van der Waals surface area contributed by atoms with Gasteiger partial charge in [0.15, 0.2) is 5.69 Å². The van der Waals surface area contributed by atoms with E-state index in [0.29, 0.717) is 12.6 Å². The molecule has 1 N–H and O–H groups in total. The van der Waals surface area contributed by atoms with Crippen LogP contribution in [0.15, 0.2) is 12.3 Å². The molecular weight excluding hydrogens is 243 g/mol. The summed E-state index contributed by atoms with van der Waals surface area (Å²) in [6.07, 6.45) is 1.18. The monoisotopic (exact) mass is 261 g/mol. The topological polar surface area (TPSA) is 29.9 Å². The summed E-state index contributed by atoms with van der Waals surface area (Å²) in [5, 5.41) is 7.00. The van der Waals surface area contributed by atoms with Crippen molar-refractivity contribution < 1.29 is 13.2 Å². The van der Waals surface area contributed by atoms with Gasteiger partial charge < -0.3 is 5.32 Å². The second-order valence-electron chi connectivity index (χ2n) is 4.80. The van der Waals surface area contributed by atoms with Gasteiger partial charge in [-0.05, 0) is 25.3 Å². The molecule has 0 bridgehead atoms. The second kappa shape index (κ2) is 5.30. The van der Waals surface area contributed by atoms with Crippen LogP contribution < -0.4 is 5.32 Å². The number of nitrogens with one attached hydrogen (secondary N) is 1. The van der Waals surface area contributed by atoms with Crippen molar-refractivity contribution in [2.45, 2.75) is 50.9 Å². The van der Waals surface area contributed by atoms with Gasteiger partial charge in [0.2, 0.25) is 0 Å². The molecule has 1 atom stereocenters. The molecule has 0 saturated heterocycles. The zero-order valence-electron chi connectivity index (χ0n) is 10.4. The number of hydrogen-bond donors (Lipinski definition) is 1. The molecule has 0 aliphatic heterocycles. The molecule has 0 aromatic carbocycles. The van der Waals surface area contributed by atoms with Crippen LogP contribution in [0.1, 0.15) is 44.3 Å². The Morgan fingerprint density at radius 2 is 2.22 bits per heavy atom. The van der Waals surface area contributed by atoms with Gasteiger partial charge in [-0.25, -0.2) is 0 Å². The van der Waals surface area contributed by atoms with Crippen LogP contribution in [0.3, 0.4) is 0 Å². The minimum Gasteiger partial charge on any atom is -0.312 e. The van der Waals surface area contributed by atoms with Crippen LogP contribution in [0.4, 0.5) is 13.2 Å². The van der Waals surface area contributed by atoms with Crippen molar-refractivity contribution in [1.29, 1.82) is 0 Å². The van der Waals surface area contributed by atoms with E-state index in [2.05, 4.69) is 10.4 Å². The van der Waals surface area contributed by atoms with Gasteiger partial charge >= 0.3 is 6.18 Å². The van der Waals surface area contributed by atoms with Gasteiger partial charge in [-0.15, -0.1) is 0 Å². The summed E-state index contributed by atoms with van der Waals surface area (Å²) in [6, 6.07) is 1.61. The number of alkyl halides is 3. The van der Waals surface area contributed by atoms with E-state index >= 15 is 0 Å².